The van der Waals surface area contributed by atoms with Crippen LogP contribution in [0.15, 0.2) is 42.6 Å². The van der Waals surface area contributed by atoms with Crippen molar-refractivity contribution in [3.63, 3.8) is 0 Å². The van der Waals surface area contributed by atoms with E-state index in [2.05, 4.69) is 10.3 Å². The molecular weight excluding hydrogens is 706 g/mol. The number of cyclic esters (lactones) is 1. The van der Waals surface area contributed by atoms with Crippen molar-refractivity contribution >= 4 is 40.6 Å². The third kappa shape index (κ3) is 8.96. The maximum atomic E-state index is 14.4. The Labute approximate surface area is 324 Å². The molecule has 3 fully saturated rings. The highest BCUT2D eigenvalue weighted by Crippen LogP contribution is 2.40. The van der Waals surface area contributed by atoms with E-state index in [1.807, 2.05) is 68.4 Å². The van der Waals surface area contributed by atoms with Gasteiger partial charge in [-0.3, -0.25) is 19.4 Å². The lowest BCUT2D eigenvalue weighted by Crippen LogP contribution is -2.60. The van der Waals surface area contributed by atoms with Crippen molar-refractivity contribution in [3.05, 3.63) is 48.2 Å². The van der Waals surface area contributed by atoms with Crippen LogP contribution in [0.1, 0.15) is 80.2 Å². The van der Waals surface area contributed by atoms with Gasteiger partial charge in [-0.1, -0.05) is 58.0 Å². The number of likely N-dealkylation sites (N-methyl/N-ethyl adjacent to an activating group) is 1. The number of hydrogen-bond acceptors (Lipinski definition) is 12. The molecule has 5 rings (SSSR count). The van der Waals surface area contributed by atoms with Gasteiger partial charge in [0, 0.05) is 35.4 Å². The van der Waals surface area contributed by atoms with E-state index >= 15 is 0 Å². The van der Waals surface area contributed by atoms with Crippen LogP contribution in [0.3, 0.4) is 0 Å². The van der Waals surface area contributed by atoms with Crippen molar-refractivity contribution in [3.8, 4) is 0 Å². The van der Waals surface area contributed by atoms with Crippen molar-refractivity contribution in [2.24, 2.45) is 23.7 Å². The quantitative estimate of drug-likeness (QED) is 0.270. The Morgan fingerprint density at radius 2 is 1.75 bits per heavy atom. The highest BCUT2D eigenvalue weighted by molar-refractivity contribution is 6.00. The smallest absolute Gasteiger partial charge is 0.408 e. The van der Waals surface area contributed by atoms with Gasteiger partial charge in [0.15, 0.2) is 17.7 Å². The van der Waals surface area contributed by atoms with Gasteiger partial charge in [0.2, 0.25) is 0 Å². The molecule has 0 aliphatic carbocycles. The molecule has 0 saturated carbocycles. The Hall–Kier alpha value is -3.75. The third-order valence-electron chi connectivity index (χ3n) is 11.9. The van der Waals surface area contributed by atoms with Crippen molar-refractivity contribution in [1.29, 1.82) is 0 Å². The minimum Gasteiger partial charge on any atom is -0.458 e. The number of carbonyl (C=O) groups excluding carboxylic acids is 4. The fourth-order valence-corrected chi connectivity index (χ4v) is 8.73. The molecule has 3 aliphatic rings. The van der Waals surface area contributed by atoms with Crippen LogP contribution in [0.5, 0.6) is 0 Å². The molecular formula is C42H59N3O10. The number of para-hydroxylation sites is 1. The van der Waals surface area contributed by atoms with Crippen molar-refractivity contribution < 1.29 is 48.0 Å². The van der Waals surface area contributed by atoms with E-state index in [9.17, 15) is 24.3 Å². The summed E-state index contributed by atoms with van der Waals surface area (Å²) >= 11 is 0. The van der Waals surface area contributed by atoms with Crippen molar-refractivity contribution in [2.75, 3.05) is 20.7 Å². The number of aromatic nitrogens is 1. The molecule has 13 heteroatoms. The van der Waals surface area contributed by atoms with Crippen molar-refractivity contribution in [2.45, 2.75) is 129 Å². The number of ether oxygens (including phenoxy) is 5. The Kier molecular flexibility index (Phi) is 13.2. The van der Waals surface area contributed by atoms with Gasteiger partial charge in [0.05, 0.1) is 36.0 Å². The molecule has 0 radical (unpaired) electrons. The Morgan fingerprint density at radius 3 is 2.44 bits per heavy atom. The number of hydrogen-bond donors (Lipinski definition) is 2. The van der Waals surface area contributed by atoms with Gasteiger partial charge < -0.3 is 39.0 Å². The maximum Gasteiger partial charge on any atom is 0.408 e. The summed E-state index contributed by atoms with van der Waals surface area (Å²) in [5.74, 6) is -5.12. The molecule has 1 aromatic heterocycles. The summed E-state index contributed by atoms with van der Waals surface area (Å²) in [4.78, 5) is 61.8. The number of aliphatic hydroxyl groups excluding tert-OH is 1. The molecule has 2 aromatic rings. The van der Waals surface area contributed by atoms with Crippen molar-refractivity contribution in [1.82, 2.24) is 15.2 Å². The number of nitrogens with one attached hydrogen (secondary N) is 1. The molecule has 0 bridgehead atoms. The molecule has 13 atom stereocenters. The summed E-state index contributed by atoms with van der Waals surface area (Å²) in [6.07, 6.45) is 1.12. The SMILES string of the molecule is CC[C@H]1OC(=O)[C@H](C)C(=O)[C@H](C)[C@@H](O[C@@H]2O[C@H](C)C[C@H](N(C)C)[C@H]2O)[C@@](C)(OCC=Cc2cnc3ccccc3c2)C[C@@H](C)C(=O)[C@H](C)[C@H]2NC(=O)O[C@@]21C. The summed E-state index contributed by atoms with van der Waals surface area (Å²) in [6, 6.07) is 8.70. The first kappa shape index (κ1) is 42.4. The average molecular weight is 766 g/mol. The Bertz CT molecular complexity index is 1750. The van der Waals surface area contributed by atoms with Gasteiger partial charge in [-0.15, -0.1) is 0 Å². The fraction of sp³-hybridized carbons (Fsp3) is 0.643. The summed E-state index contributed by atoms with van der Waals surface area (Å²) in [5.41, 5.74) is -1.00. The maximum absolute atomic E-state index is 14.4. The molecule has 3 aliphatic heterocycles. The van der Waals surface area contributed by atoms with Gasteiger partial charge >= 0.3 is 12.1 Å². The molecule has 2 N–H and O–H groups in total. The lowest BCUT2D eigenvalue weighted by atomic mass is 9.73. The zero-order chi connectivity index (χ0) is 40.4. The fourth-order valence-electron chi connectivity index (χ4n) is 8.73. The lowest BCUT2D eigenvalue weighted by molar-refractivity contribution is -0.296. The second-order valence-corrected chi connectivity index (χ2v) is 16.4. The first-order valence-electron chi connectivity index (χ1n) is 19.5. The second-order valence-electron chi connectivity index (χ2n) is 16.4. The van der Waals surface area contributed by atoms with Gasteiger partial charge in [-0.05, 0) is 78.7 Å². The molecule has 3 saturated heterocycles. The average Bonchev–Trinajstić information content (AvgIpc) is 3.47. The predicted octanol–water partition coefficient (Wildman–Crippen LogP) is 5.11. The number of ketones is 2. The standard InChI is InChI=1S/C42H59N3O10/c1-11-32-42(8)36(44-40(50)55-42)25(4)33(46)23(2)21-41(7,51-18-14-15-28-20-29-16-12-13-17-30(29)43-22-28)37(26(5)34(47)27(6)38(49)53-32)54-39-35(48)31(45(9)10)19-24(3)52-39/h12-17,20,22-27,31-32,35-37,39,48H,11,18-19,21H2,1-10H3,(H,44,50)/t23-,24-,25+,26+,27-,31+,32-,35-,36-,37-,39+,41+,42-/m1/s1. The molecule has 0 spiro atoms. The molecule has 55 heavy (non-hydrogen) atoms. The van der Waals surface area contributed by atoms with E-state index in [1.165, 1.54) is 6.92 Å². The lowest BCUT2D eigenvalue weighted by Gasteiger charge is -2.47. The van der Waals surface area contributed by atoms with Crippen LogP contribution in [-0.4, -0.2) is 113 Å². The van der Waals surface area contributed by atoms with E-state index in [0.717, 1.165) is 16.5 Å². The number of carbonyl (C=O) groups is 4. The van der Waals surface area contributed by atoms with Crippen LogP contribution in [0.4, 0.5) is 4.79 Å². The highest BCUT2D eigenvalue weighted by Gasteiger charge is 2.57. The van der Waals surface area contributed by atoms with E-state index in [1.54, 1.807) is 47.7 Å². The topological polar surface area (TPSA) is 163 Å². The van der Waals surface area contributed by atoms with E-state index in [0.29, 0.717) is 6.42 Å². The Balaban J connectivity index is 1.56. The molecule has 302 valence electrons. The number of pyridine rings is 1. The van der Waals surface area contributed by atoms with Crippen LogP contribution in [-0.2, 0) is 38.1 Å². The van der Waals surface area contributed by atoms with Gasteiger partial charge in [-0.25, -0.2) is 4.79 Å². The first-order valence-corrected chi connectivity index (χ1v) is 19.5. The van der Waals surface area contributed by atoms with Gasteiger partial charge in [0.25, 0.3) is 0 Å². The van der Waals surface area contributed by atoms with Crippen LogP contribution in [0.2, 0.25) is 0 Å². The third-order valence-corrected chi connectivity index (χ3v) is 11.9. The number of aliphatic hydroxyl groups is 1. The van der Waals surface area contributed by atoms with E-state index in [-0.39, 0.29) is 37.4 Å². The van der Waals surface area contributed by atoms with Crippen LogP contribution in [0, 0.1) is 23.7 Å². The number of alkyl carbamates (subject to hydrolysis) is 1. The number of benzene rings is 1. The molecule has 1 aromatic carbocycles. The van der Waals surface area contributed by atoms with E-state index < -0.39 is 83.4 Å². The number of Topliss-reactive ketones (excluding diaryl/α,β-unsaturated/α-hetero) is 2. The minimum absolute atomic E-state index is 0.0612. The number of esters is 1. The minimum atomic E-state index is -1.38. The molecule has 0 unspecified atom stereocenters. The number of fused-ring (bicyclic) bond motifs is 2. The molecule has 1 amide bonds. The number of amides is 1. The Morgan fingerprint density at radius 1 is 1.04 bits per heavy atom. The molecule has 4 heterocycles. The predicted molar refractivity (Wildman–Crippen MR) is 206 cm³/mol. The largest absolute Gasteiger partial charge is 0.458 e. The summed E-state index contributed by atoms with van der Waals surface area (Å²) in [5, 5.41) is 15.4. The summed E-state index contributed by atoms with van der Waals surface area (Å²) in [7, 11) is 3.74. The highest BCUT2D eigenvalue weighted by atomic mass is 16.7. The summed E-state index contributed by atoms with van der Waals surface area (Å²) < 4.78 is 31.4. The summed E-state index contributed by atoms with van der Waals surface area (Å²) in [6.45, 7) is 13.8. The van der Waals surface area contributed by atoms with Gasteiger partial charge in [-0.2, -0.15) is 0 Å². The van der Waals surface area contributed by atoms with Crippen LogP contribution in [0.25, 0.3) is 17.0 Å². The van der Waals surface area contributed by atoms with Crippen LogP contribution >= 0.6 is 0 Å². The number of rotatable bonds is 8. The zero-order valence-electron chi connectivity index (χ0n) is 33.8. The van der Waals surface area contributed by atoms with E-state index in [4.69, 9.17) is 23.7 Å². The number of nitrogens with zero attached hydrogens (tertiary/aromatic N) is 2. The van der Waals surface area contributed by atoms with Gasteiger partial charge in [0.1, 0.15) is 23.9 Å². The normalized spacial score (nSPS) is 38.1. The first-order chi connectivity index (χ1) is 25.9. The second kappa shape index (κ2) is 17.2. The monoisotopic (exact) mass is 765 g/mol. The van der Waals surface area contributed by atoms with Crippen LogP contribution < -0.4 is 5.32 Å². The molecule has 13 nitrogen and oxygen atoms in total. The zero-order valence-corrected chi connectivity index (χ0v) is 33.8.